The second kappa shape index (κ2) is 8.63. The molecule has 2 rings (SSSR count). The third kappa shape index (κ3) is 4.67. The van der Waals surface area contributed by atoms with Crippen LogP contribution in [0, 0.1) is 10.1 Å². The maximum Gasteiger partial charge on any atom is 0.269 e. The molecule has 25 heavy (non-hydrogen) atoms. The normalized spacial score (nSPS) is 10.6. The van der Waals surface area contributed by atoms with E-state index >= 15 is 0 Å². The van der Waals surface area contributed by atoms with E-state index in [1.165, 1.54) is 12.1 Å². The smallest absolute Gasteiger partial charge is 0.269 e. The van der Waals surface area contributed by atoms with Gasteiger partial charge in [0, 0.05) is 23.9 Å². The summed E-state index contributed by atoms with van der Waals surface area (Å²) in [5.74, 6) is 1.34. The number of nitro benzene ring substituents is 1. The minimum absolute atomic E-state index is 0.0373. The zero-order valence-corrected chi connectivity index (χ0v) is 14.3. The van der Waals surface area contributed by atoms with Gasteiger partial charge in [-0.05, 0) is 43.2 Å². The molecule has 6 nitrogen and oxygen atoms in total. The summed E-state index contributed by atoms with van der Waals surface area (Å²) in [7, 11) is 1.61. The molecule has 0 saturated heterocycles. The molecule has 2 aromatic rings. The predicted octanol–water partition coefficient (Wildman–Crippen LogP) is 4.48. The molecule has 0 aromatic heterocycles. The molecule has 0 spiro atoms. The average molecular weight is 340 g/mol. The van der Waals surface area contributed by atoms with Crippen molar-refractivity contribution in [1.29, 1.82) is 0 Å². The van der Waals surface area contributed by atoms with E-state index in [-0.39, 0.29) is 5.69 Å². The molecule has 0 saturated carbocycles. The van der Waals surface area contributed by atoms with Gasteiger partial charge in [-0.1, -0.05) is 6.08 Å². The van der Waals surface area contributed by atoms with Crippen LogP contribution in [0.3, 0.4) is 0 Å². The Hall–Kier alpha value is -3.15. The molecule has 0 aliphatic heterocycles. The minimum Gasteiger partial charge on any atom is -0.493 e. The number of non-ortho nitro benzene ring substituents is 1. The maximum absolute atomic E-state index is 10.7. The van der Waals surface area contributed by atoms with E-state index in [1.54, 1.807) is 31.5 Å². The molecule has 0 radical (unpaired) electrons. The van der Waals surface area contributed by atoms with Gasteiger partial charge in [0.05, 0.1) is 24.3 Å². The number of aliphatic imine (C=N–C) groups is 1. The van der Waals surface area contributed by atoms with Gasteiger partial charge in [0.25, 0.3) is 5.69 Å². The van der Waals surface area contributed by atoms with Crippen molar-refractivity contribution < 1.29 is 14.4 Å². The molecule has 0 aliphatic rings. The standard InChI is InChI=1S/C19H20N2O4/c1-4-6-15-11-14(12-18(25-5-2)19(15)24-3)13-20-16-7-9-17(10-8-16)21(22)23/h4,7-13H,1,5-6H2,2-3H3. The lowest BCUT2D eigenvalue weighted by atomic mass is 10.1. The number of rotatable bonds is 8. The van der Waals surface area contributed by atoms with Crippen LogP contribution in [-0.4, -0.2) is 24.9 Å². The number of nitro groups is 1. The third-order valence-electron chi connectivity index (χ3n) is 3.45. The lowest BCUT2D eigenvalue weighted by Crippen LogP contribution is -2.00. The van der Waals surface area contributed by atoms with Crippen LogP contribution in [0.15, 0.2) is 54.0 Å². The molecule has 0 aliphatic carbocycles. The van der Waals surface area contributed by atoms with Crippen molar-refractivity contribution in [3.8, 4) is 11.5 Å². The first-order chi connectivity index (χ1) is 12.1. The van der Waals surface area contributed by atoms with Crippen molar-refractivity contribution in [2.24, 2.45) is 4.99 Å². The van der Waals surface area contributed by atoms with Gasteiger partial charge in [0.1, 0.15) is 0 Å². The molecule has 0 N–H and O–H groups in total. The highest BCUT2D eigenvalue weighted by atomic mass is 16.6. The van der Waals surface area contributed by atoms with Crippen LogP contribution in [0.1, 0.15) is 18.1 Å². The quantitative estimate of drug-likeness (QED) is 0.307. The van der Waals surface area contributed by atoms with E-state index < -0.39 is 4.92 Å². The van der Waals surface area contributed by atoms with Crippen LogP contribution >= 0.6 is 0 Å². The summed E-state index contributed by atoms with van der Waals surface area (Å²) >= 11 is 0. The summed E-state index contributed by atoms with van der Waals surface area (Å²) in [5, 5.41) is 10.7. The lowest BCUT2D eigenvalue weighted by Gasteiger charge is -2.14. The van der Waals surface area contributed by atoms with Crippen LogP contribution < -0.4 is 9.47 Å². The summed E-state index contributed by atoms with van der Waals surface area (Å²) in [4.78, 5) is 14.6. The van der Waals surface area contributed by atoms with Crippen molar-refractivity contribution in [3.05, 3.63) is 70.3 Å². The summed E-state index contributed by atoms with van der Waals surface area (Å²) in [6.07, 6.45) is 4.13. The summed E-state index contributed by atoms with van der Waals surface area (Å²) in [6.45, 7) is 6.20. The monoisotopic (exact) mass is 340 g/mol. The average Bonchev–Trinajstić information content (AvgIpc) is 2.61. The van der Waals surface area contributed by atoms with E-state index in [4.69, 9.17) is 9.47 Å². The number of hydrogen-bond acceptors (Lipinski definition) is 5. The molecule has 6 heteroatoms. The van der Waals surface area contributed by atoms with Crippen molar-refractivity contribution in [2.75, 3.05) is 13.7 Å². The highest BCUT2D eigenvalue weighted by molar-refractivity contribution is 5.84. The van der Waals surface area contributed by atoms with Gasteiger partial charge >= 0.3 is 0 Å². The second-order valence-corrected chi connectivity index (χ2v) is 5.17. The van der Waals surface area contributed by atoms with Crippen molar-refractivity contribution in [1.82, 2.24) is 0 Å². The summed E-state index contributed by atoms with van der Waals surface area (Å²) < 4.78 is 11.1. The Morgan fingerprint density at radius 3 is 2.56 bits per heavy atom. The zero-order valence-electron chi connectivity index (χ0n) is 14.3. The van der Waals surface area contributed by atoms with E-state index in [0.29, 0.717) is 30.2 Å². The molecule has 0 atom stereocenters. The number of benzene rings is 2. The first-order valence-corrected chi connectivity index (χ1v) is 7.82. The number of ether oxygens (including phenoxy) is 2. The first-order valence-electron chi connectivity index (χ1n) is 7.82. The maximum atomic E-state index is 10.7. The van der Waals surface area contributed by atoms with Gasteiger partial charge in [-0.2, -0.15) is 0 Å². The van der Waals surface area contributed by atoms with Crippen LogP contribution in [-0.2, 0) is 6.42 Å². The fourth-order valence-corrected chi connectivity index (χ4v) is 2.37. The van der Waals surface area contributed by atoms with Crippen molar-refractivity contribution in [2.45, 2.75) is 13.3 Å². The molecule has 0 unspecified atom stereocenters. The van der Waals surface area contributed by atoms with Gasteiger partial charge in [0.2, 0.25) is 0 Å². The Kier molecular flexibility index (Phi) is 6.28. The molecule has 0 amide bonds. The number of nitrogens with zero attached hydrogens (tertiary/aromatic N) is 2. The van der Waals surface area contributed by atoms with Gasteiger partial charge in [-0.3, -0.25) is 15.1 Å². The van der Waals surface area contributed by atoms with E-state index in [0.717, 1.165) is 11.1 Å². The van der Waals surface area contributed by atoms with E-state index in [1.807, 2.05) is 19.1 Å². The van der Waals surface area contributed by atoms with Crippen LogP contribution in [0.5, 0.6) is 11.5 Å². The Morgan fingerprint density at radius 1 is 1.28 bits per heavy atom. The largest absolute Gasteiger partial charge is 0.493 e. The van der Waals surface area contributed by atoms with Crippen molar-refractivity contribution >= 4 is 17.6 Å². The molecular weight excluding hydrogens is 320 g/mol. The Morgan fingerprint density at radius 2 is 2.00 bits per heavy atom. The molecular formula is C19H20N2O4. The number of allylic oxidation sites excluding steroid dienone is 1. The van der Waals surface area contributed by atoms with Crippen LogP contribution in [0.25, 0.3) is 0 Å². The summed E-state index contributed by atoms with van der Waals surface area (Å²) in [6, 6.07) is 9.87. The predicted molar refractivity (Wildman–Crippen MR) is 98.4 cm³/mol. The molecule has 0 bridgehead atoms. The first kappa shape index (κ1) is 18.2. The number of hydrogen-bond donors (Lipinski definition) is 0. The van der Waals surface area contributed by atoms with E-state index in [2.05, 4.69) is 11.6 Å². The highest BCUT2D eigenvalue weighted by Crippen LogP contribution is 2.33. The van der Waals surface area contributed by atoms with Crippen molar-refractivity contribution in [3.63, 3.8) is 0 Å². The molecule has 0 heterocycles. The zero-order chi connectivity index (χ0) is 18.2. The molecule has 130 valence electrons. The van der Waals surface area contributed by atoms with Gasteiger partial charge in [-0.15, -0.1) is 6.58 Å². The highest BCUT2D eigenvalue weighted by Gasteiger charge is 2.11. The van der Waals surface area contributed by atoms with Gasteiger partial charge < -0.3 is 9.47 Å². The van der Waals surface area contributed by atoms with Gasteiger partial charge in [0.15, 0.2) is 11.5 Å². The SMILES string of the molecule is C=CCc1cc(C=Nc2ccc([N+](=O)[O-])cc2)cc(OCC)c1OC. The van der Waals surface area contributed by atoms with Crippen LogP contribution in [0.2, 0.25) is 0 Å². The molecule has 2 aromatic carbocycles. The number of methoxy groups -OCH3 is 1. The fourth-order valence-electron chi connectivity index (χ4n) is 2.37. The lowest BCUT2D eigenvalue weighted by molar-refractivity contribution is -0.384. The Balaban J connectivity index is 2.33. The topological polar surface area (TPSA) is 74.0 Å². The fraction of sp³-hybridized carbons (Fsp3) is 0.211. The van der Waals surface area contributed by atoms with Gasteiger partial charge in [-0.25, -0.2) is 0 Å². The summed E-state index contributed by atoms with van der Waals surface area (Å²) in [5.41, 5.74) is 2.47. The Labute approximate surface area is 146 Å². The minimum atomic E-state index is -0.438. The van der Waals surface area contributed by atoms with E-state index in [9.17, 15) is 10.1 Å². The Bertz CT molecular complexity index is 783. The second-order valence-electron chi connectivity index (χ2n) is 5.17. The van der Waals surface area contributed by atoms with Crippen LogP contribution in [0.4, 0.5) is 11.4 Å². The third-order valence-corrected chi connectivity index (χ3v) is 3.45. The molecule has 0 fully saturated rings.